The van der Waals surface area contributed by atoms with Gasteiger partial charge in [0, 0.05) is 32.4 Å². The van der Waals surface area contributed by atoms with Gasteiger partial charge in [-0.25, -0.2) is 4.98 Å². The summed E-state index contributed by atoms with van der Waals surface area (Å²) in [6.45, 7) is 6.91. The second-order valence-electron chi connectivity index (χ2n) is 3.38. The van der Waals surface area contributed by atoms with Crippen LogP contribution in [0.4, 0.5) is 0 Å². The van der Waals surface area contributed by atoms with Gasteiger partial charge in [0.2, 0.25) is 0 Å². The van der Waals surface area contributed by atoms with E-state index in [0.717, 1.165) is 25.3 Å². The van der Waals surface area contributed by atoms with Crippen molar-refractivity contribution in [3.63, 3.8) is 0 Å². The molecular weight excluding hydrogens is 176 g/mol. The zero-order valence-corrected chi connectivity index (χ0v) is 8.69. The Hall–Kier alpha value is -1.13. The Balaban J connectivity index is 2.46. The highest BCUT2D eigenvalue weighted by Crippen LogP contribution is 1.99. The van der Waals surface area contributed by atoms with Crippen molar-refractivity contribution in [1.29, 1.82) is 0 Å². The number of rotatable bonds is 6. The minimum atomic E-state index is 0.651. The van der Waals surface area contributed by atoms with Gasteiger partial charge in [-0.05, 0) is 7.05 Å². The van der Waals surface area contributed by atoms with E-state index in [1.807, 2.05) is 30.2 Å². The van der Waals surface area contributed by atoms with Crippen molar-refractivity contribution in [2.24, 2.45) is 5.73 Å². The fraction of sp³-hybridized carbons (Fsp3) is 0.500. The van der Waals surface area contributed by atoms with Crippen LogP contribution >= 0.6 is 0 Å². The molecule has 0 unspecified atom stereocenters. The van der Waals surface area contributed by atoms with Gasteiger partial charge in [0.1, 0.15) is 0 Å². The summed E-state index contributed by atoms with van der Waals surface area (Å²) in [5.41, 5.74) is 6.52. The topological polar surface area (TPSA) is 47.1 Å². The fourth-order valence-electron chi connectivity index (χ4n) is 1.32. The highest BCUT2D eigenvalue weighted by molar-refractivity contribution is 4.96. The van der Waals surface area contributed by atoms with Crippen molar-refractivity contribution < 1.29 is 0 Å². The average Bonchev–Trinajstić information content (AvgIpc) is 2.53. The molecule has 0 spiro atoms. The van der Waals surface area contributed by atoms with E-state index in [2.05, 4.69) is 16.5 Å². The van der Waals surface area contributed by atoms with E-state index in [1.165, 1.54) is 0 Å². The van der Waals surface area contributed by atoms with E-state index in [9.17, 15) is 0 Å². The molecule has 14 heavy (non-hydrogen) atoms. The molecule has 0 radical (unpaired) electrons. The van der Waals surface area contributed by atoms with E-state index in [1.54, 1.807) is 0 Å². The molecule has 1 rings (SSSR count). The monoisotopic (exact) mass is 194 g/mol. The van der Waals surface area contributed by atoms with Crippen LogP contribution in [-0.2, 0) is 13.1 Å². The van der Waals surface area contributed by atoms with Gasteiger partial charge < -0.3 is 10.3 Å². The molecule has 1 aromatic rings. The summed E-state index contributed by atoms with van der Waals surface area (Å²) < 4.78 is 2.01. The molecule has 0 amide bonds. The van der Waals surface area contributed by atoms with Gasteiger partial charge in [-0.1, -0.05) is 6.08 Å². The van der Waals surface area contributed by atoms with Gasteiger partial charge >= 0.3 is 0 Å². The maximum Gasteiger partial charge on any atom is 0.0950 e. The van der Waals surface area contributed by atoms with Crippen LogP contribution in [0.1, 0.15) is 5.69 Å². The average molecular weight is 194 g/mol. The Morgan fingerprint density at radius 2 is 2.50 bits per heavy atom. The minimum absolute atomic E-state index is 0.651. The van der Waals surface area contributed by atoms with Crippen LogP contribution in [0, 0.1) is 0 Å². The van der Waals surface area contributed by atoms with Crippen molar-refractivity contribution in [3.8, 4) is 0 Å². The maximum absolute atomic E-state index is 5.45. The Morgan fingerprint density at radius 1 is 1.71 bits per heavy atom. The van der Waals surface area contributed by atoms with E-state index in [4.69, 9.17) is 5.73 Å². The second-order valence-corrected chi connectivity index (χ2v) is 3.38. The molecule has 0 aliphatic rings. The molecule has 0 aliphatic carbocycles. The van der Waals surface area contributed by atoms with Crippen molar-refractivity contribution >= 4 is 0 Å². The molecule has 2 N–H and O–H groups in total. The van der Waals surface area contributed by atoms with Crippen LogP contribution < -0.4 is 5.73 Å². The molecule has 4 heteroatoms. The van der Waals surface area contributed by atoms with Gasteiger partial charge in [-0.3, -0.25) is 4.90 Å². The van der Waals surface area contributed by atoms with Crippen LogP contribution in [0.15, 0.2) is 25.2 Å². The first kappa shape index (κ1) is 10.9. The Kier molecular flexibility index (Phi) is 4.35. The minimum Gasteiger partial charge on any atom is -0.336 e. The quantitative estimate of drug-likeness (QED) is 0.669. The van der Waals surface area contributed by atoms with E-state index < -0.39 is 0 Å². The zero-order valence-electron chi connectivity index (χ0n) is 8.69. The Labute approximate surface area is 85.0 Å². The van der Waals surface area contributed by atoms with Gasteiger partial charge in [0.25, 0.3) is 0 Å². The van der Waals surface area contributed by atoms with Gasteiger partial charge in [-0.15, -0.1) is 6.58 Å². The maximum atomic E-state index is 5.45. The standard InChI is InChI=1S/C10H18N4/c1-3-5-13(2)7-10-8-14(6-4-11)9-12-10/h3,8-9H,1,4-7,11H2,2H3. The lowest BCUT2D eigenvalue weighted by atomic mass is 10.4. The zero-order chi connectivity index (χ0) is 10.4. The summed E-state index contributed by atoms with van der Waals surface area (Å²) >= 11 is 0. The summed E-state index contributed by atoms with van der Waals surface area (Å²) in [7, 11) is 2.05. The first-order chi connectivity index (χ1) is 6.76. The second kappa shape index (κ2) is 5.57. The molecule has 4 nitrogen and oxygen atoms in total. The molecule has 0 aliphatic heterocycles. The smallest absolute Gasteiger partial charge is 0.0950 e. The molecule has 0 saturated carbocycles. The molecule has 0 fully saturated rings. The number of hydrogen-bond acceptors (Lipinski definition) is 3. The summed E-state index contributed by atoms with van der Waals surface area (Å²) in [6.07, 6.45) is 5.74. The van der Waals surface area contributed by atoms with E-state index in [-0.39, 0.29) is 0 Å². The van der Waals surface area contributed by atoms with E-state index in [0.29, 0.717) is 6.54 Å². The lowest BCUT2D eigenvalue weighted by Gasteiger charge is -2.11. The molecular formula is C10H18N4. The van der Waals surface area contributed by atoms with Crippen LogP contribution in [0.3, 0.4) is 0 Å². The number of likely N-dealkylation sites (N-methyl/N-ethyl adjacent to an activating group) is 1. The van der Waals surface area contributed by atoms with Gasteiger partial charge in [0.15, 0.2) is 0 Å². The third kappa shape index (κ3) is 3.32. The number of imidazole rings is 1. The third-order valence-electron chi connectivity index (χ3n) is 1.95. The summed E-state index contributed by atoms with van der Waals surface area (Å²) in [5, 5.41) is 0. The van der Waals surface area contributed by atoms with Gasteiger partial charge in [-0.2, -0.15) is 0 Å². The van der Waals surface area contributed by atoms with Crippen molar-refractivity contribution in [3.05, 3.63) is 30.9 Å². The van der Waals surface area contributed by atoms with Crippen LogP contribution in [0.25, 0.3) is 0 Å². The normalized spacial score (nSPS) is 10.8. The Morgan fingerprint density at radius 3 is 3.14 bits per heavy atom. The molecule has 0 atom stereocenters. The molecule has 78 valence electrons. The van der Waals surface area contributed by atoms with Crippen molar-refractivity contribution in [1.82, 2.24) is 14.5 Å². The molecule has 1 aromatic heterocycles. The van der Waals surface area contributed by atoms with Crippen LogP contribution in [-0.4, -0.2) is 34.6 Å². The highest BCUT2D eigenvalue weighted by Gasteiger charge is 2.01. The third-order valence-corrected chi connectivity index (χ3v) is 1.95. The highest BCUT2D eigenvalue weighted by atomic mass is 15.1. The van der Waals surface area contributed by atoms with E-state index >= 15 is 0 Å². The first-order valence-electron chi connectivity index (χ1n) is 4.76. The predicted molar refractivity (Wildman–Crippen MR) is 57.8 cm³/mol. The molecule has 0 saturated heterocycles. The molecule has 0 aromatic carbocycles. The number of aromatic nitrogens is 2. The van der Waals surface area contributed by atoms with Crippen LogP contribution in [0.2, 0.25) is 0 Å². The number of nitrogens with zero attached hydrogens (tertiary/aromatic N) is 3. The lowest BCUT2D eigenvalue weighted by molar-refractivity contribution is 0.359. The van der Waals surface area contributed by atoms with Crippen molar-refractivity contribution in [2.75, 3.05) is 20.1 Å². The van der Waals surface area contributed by atoms with Gasteiger partial charge in [0.05, 0.1) is 12.0 Å². The van der Waals surface area contributed by atoms with Crippen LogP contribution in [0.5, 0.6) is 0 Å². The summed E-state index contributed by atoms with van der Waals surface area (Å²) in [4.78, 5) is 6.44. The Bertz CT molecular complexity index is 279. The SMILES string of the molecule is C=CCN(C)Cc1cn(CCN)cn1. The summed E-state index contributed by atoms with van der Waals surface area (Å²) in [6, 6.07) is 0. The lowest BCUT2D eigenvalue weighted by Crippen LogP contribution is -2.17. The molecule has 0 bridgehead atoms. The number of hydrogen-bond donors (Lipinski definition) is 1. The fourth-order valence-corrected chi connectivity index (χ4v) is 1.32. The molecule has 1 heterocycles. The predicted octanol–water partition coefficient (Wildman–Crippen LogP) is 0.460. The van der Waals surface area contributed by atoms with Crippen molar-refractivity contribution in [2.45, 2.75) is 13.1 Å². The first-order valence-corrected chi connectivity index (χ1v) is 4.76. The largest absolute Gasteiger partial charge is 0.336 e. The number of nitrogens with two attached hydrogens (primary N) is 1. The summed E-state index contributed by atoms with van der Waals surface area (Å²) in [5.74, 6) is 0.